The highest BCUT2D eigenvalue weighted by atomic mass is 14.8. The molecule has 1 nitrogen and oxygen atoms in total. The predicted octanol–water partition coefficient (Wildman–Crippen LogP) is 9.81. The fourth-order valence-electron chi connectivity index (χ4n) is 9.23. The highest BCUT2D eigenvalue weighted by molar-refractivity contribution is 6.17. The maximum absolute atomic E-state index is 5.57. The molecule has 4 atom stereocenters. The molecular formula is C41H29N. The summed E-state index contributed by atoms with van der Waals surface area (Å²) in [5, 5.41) is 2.95. The Morgan fingerprint density at radius 3 is 1.60 bits per heavy atom. The second-order valence-corrected chi connectivity index (χ2v) is 12.6. The van der Waals surface area contributed by atoms with Crippen LogP contribution in [0.25, 0.3) is 10.8 Å². The van der Waals surface area contributed by atoms with Crippen LogP contribution in [0, 0.1) is 13.8 Å². The minimum atomic E-state index is 0.167. The van der Waals surface area contributed by atoms with Crippen molar-refractivity contribution in [2.75, 3.05) is 0 Å². The van der Waals surface area contributed by atoms with E-state index in [4.69, 9.17) is 4.99 Å². The van der Waals surface area contributed by atoms with Crippen LogP contribution in [0.3, 0.4) is 0 Å². The van der Waals surface area contributed by atoms with Gasteiger partial charge < -0.3 is 0 Å². The van der Waals surface area contributed by atoms with Gasteiger partial charge in [-0.25, -0.2) is 0 Å². The quantitative estimate of drug-likeness (QED) is 0.209. The van der Waals surface area contributed by atoms with Crippen molar-refractivity contribution in [3.8, 4) is 0 Å². The van der Waals surface area contributed by atoms with E-state index in [1.165, 1.54) is 88.9 Å². The molecule has 1 aliphatic heterocycles. The third-order valence-corrected chi connectivity index (χ3v) is 10.6. The normalized spacial score (nSPS) is 21.7. The fourth-order valence-corrected chi connectivity index (χ4v) is 9.23. The Bertz CT molecular complexity index is 2160. The molecule has 198 valence electrons. The topological polar surface area (TPSA) is 12.4 Å². The van der Waals surface area contributed by atoms with E-state index in [1.54, 1.807) is 0 Å². The van der Waals surface area contributed by atoms with E-state index in [0.29, 0.717) is 0 Å². The average molecular weight is 536 g/mol. The third-order valence-electron chi connectivity index (χ3n) is 10.6. The van der Waals surface area contributed by atoms with Gasteiger partial charge in [0.2, 0.25) is 0 Å². The summed E-state index contributed by atoms with van der Waals surface area (Å²) in [7, 11) is 0. The molecule has 0 saturated carbocycles. The lowest BCUT2D eigenvalue weighted by molar-refractivity contribution is 0.810. The molecule has 1 heteroatoms. The Labute approximate surface area is 246 Å². The van der Waals surface area contributed by atoms with Crippen LogP contribution in [0.1, 0.15) is 90.4 Å². The van der Waals surface area contributed by atoms with Gasteiger partial charge in [-0.3, -0.25) is 4.99 Å². The molecule has 0 fully saturated rings. The van der Waals surface area contributed by atoms with Gasteiger partial charge in [0.1, 0.15) is 0 Å². The van der Waals surface area contributed by atoms with Crippen molar-refractivity contribution >= 4 is 22.2 Å². The van der Waals surface area contributed by atoms with Crippen LogP contribution in [-0.2, 0) is 0 Å². The molecule has 0 radical (unpaired) electrons. The Balaban J connectivity index is 1.41. The number of fused-ring (bicyclic) bond motifs is 3. The van der Waals surface area contributed by atoms with Crippen LogP contribution in [-0.4, -0.2) is 5.71 Å². The summed E-state index contributed by atoms with van der Waals surface area (Å²) in [6.07, 6.45) is 0. The van der Waals surface area contributed by atoms with Crippen molar-refractivity contribution < 1.29 is 0 Å². The van der Waals surface area contributed by atoms with E-state index in [2.05, 4.69) is 129 Å². The SMILES string of the molecule is Cc1cc2c3c4c5c(cc(C)c14)C(c1ccccc1)c1cccc4c1C5C(=N4)C3c1ccccc1C2c1ccccc1. The zero-order chi connectivity index (χ0) is 27.7. The number of rotatable bonds is 2. The minimum absolute atomic E-state index is 0.167. The maximum atomic E-state index is 5.57. The average Bonchev–Trinajstić information content (AvgIpc) is 3.42. The van der Waals surface area contributed by atoms with Gasteiger partial charge in [0.15, 0.2) is 0 Å². The second-order valence-electron chi connectivity index (χ2n) is 12.6. The highest BCUT2D eigenvalue weighted by Gasteiger charge is 2.50. The molecular weight excluding hydrogens is 506 g/mol. The van der Waals surface area contributed by atoms with Gasteiger partial charge in [0, 0.05) is 23.5 Å². The molecule has 0 amide bonds. The van der Waals surface area contributed by atoms with E-state index in [1.807, 2.05) is 0 Å². The van der Waals surface area contributed by atoms with Crippen LogP contribution in [0.2, 0.25) is 0 Å². The van der Waals surface area contributed by atoms with Gasteiger partial charge in [-0.2, -0.15) is 0 Å². The summed E-state index contributed by atoms with van der Waals surface area (Å²) in [6, 6.07) is 43.4. The van der Waals surface area contributed by atoms with Gasteiger partial charge in [0.05, 0.1) is 11.6 Å². The smallest absolute Gasteiger partial charge is 0.0675 e. The molecule has 1 heterocycles. The van der Waals surface area contributed by atoms with Gasteiger partial charge >= 0.3 is 0 Å². The first-order valence-corrected chi connectivity index (χ1v) is 15.2. The molecule has 0 bridgehead atoms. The number of aliphatic imine (C=N–C) groups is 1. The molecule has 10 rings (SSSR count). The second kappa shape index (κ2) is 7.95. The van der Waals surface area contributed by atoms with Crippen molar-refractivity contribution in [1.29, 1.82) is 0 Å². The first-order chi connectivity index (χ1) is 20.7. The fraction of sp³-hybridized carbons (Fsp3) is 0.146. The molecule has 0 N–H and O–H groups in total. The zero-order valence-corrected chi connectivity index (χ0v) is 23.7. The monoisotopic (exact) mass is 535 g/mol. The van der Waals surface area contributed by atoms with Crippen LogP contribution in [0.4, 0.5) is 5.69 Å². The Hall–Kier alpha value is -4.75. The number of benzene rings is 6. The molecule has 42 heavy (non-hydrogen) atoms. The molecule has 4 aliphatic rings. The summed E-state index contributed by atoms with van der Waals surface area (Å²) in [5.41, 5.74) is 19.7. The third kappa shape index (κ3) is 2.68. The number of aryl methyl sites for hydroxylation is 2. The lowest BCUT2D eigenvalue weighted by atomic mass is 9.57. The van der Waals surface area contributed by atoms with Crippen LogP contribution >= 0.6 is 0 Å². The Kier molecular flexibility index (Phi) is 4.33. The van der Waals surface area contributed by atoms with Gasteiger partial charge in [-0.15, -0.1) is 0 Å². The van der Waals surface area contributed by atoms with E-state index in [0.717, 1.165) is 0 Å². The predicted molar refractivity (Wildman–Crippen MR) is 172 cm³/mol. The summed E-state index contributed by atoms with van der Waals surface area (Å²) in [4.78, 5) is 5.57. The van der Waals surface area contributed by atoms with Gasteiger partial charge in [-0.1, -0.05) is 109 Å². The molecule has 0 spiro atoms. The molecule has 3 aliphatic carbocycles. The summed E-state index contributed by atoms with van der Waals surface area (Å²) in [5.74, 6) is 0.791. The van der Waals surface area contributed by atoms with Crippen molar-refractivity contribution in [3.05, 3.63) is 182 Å². The molecule has 4 unspecified atom stereocenters. The zero-order valence-electron chi connectivity index (χ0n) is 23.7. The van der Waals surface area contributed by atoms with Crippen LogP contribution < -0.4 is 0 Å². The summed E-state index contributed by atoms with van der Waals surface area (Å²) >= 11 is 0. The minimum Gasteiger partial charge on any atom is -0.255 e. The van der Waals surface area contributed by atoms with E-state index < -0.39 is 0 Å². The van der Waals surface area contributed by atoms with Crippen LogP contribution in [0.5, 0.6) is 0 Å². The number of hydrogen-bond acceptors (Lipinski definition) is 1. The summed E-state index contributed by atoms with van der Waals surface area (Å²) < 4.78 is 0. The summed E-state index contributed by atoms with van der Waals surface area (Å²) in [6.45, 7) is 4.67. The number of hydrogen-bond donors (Lipinski definition) is 0. The Morgan fingerprint density at radius 2 is 0.952 bits per heavy atom. The largest absolute Gasteiger partial charge is 0.255 e. The van der Waals surface area contributed by atoms with Crippen molar-refractivity contribution in [3.63, 3.8) is 0 Å². The molecule has 0 aromatic heterocycles. The van der Waals surface area contributed by atoms with Crippen LogP contribution in [0.15, 0.2) is 120 Å². The van der Waals surface area contributed by atoms with E-state index >= 15 is 0 Å². The lowest BCUT2D eigenvalue weighted by Crippen LogP contribution is -2.34. The maximum Gasteiger partial charge on any atom is 0.0675 e. The lowest BCUT2D eigenvalue weighted by Gasteiger charge is -2.44. The standard InChI is InChI=1S/C41H29N/c1-22-20-29-33(24-12-5-3-6-13-24)26-16-9-10-17-27(26)38-36(29)39-32(22)23(2)21-30-34(25-14-7-4-8-15-25)28-18-11-19-31-35(28)40(37(30)39)41(38)42-31/h3-21,33-34,38,40H,1-2H3. The van der Waals surface area contributed by atoms with Crippen molar-refractivity contribution in [2.24, 2.45) is 4.99 Å². The number of nitrogens with zero attached hydrogens (tertiary/aromatic N) is 1. The Morgan fingerprint density at radius 1 is 0.429 bits per heavy atom. The van der Waals surface area contributed by atoms with Gasteiger partial charge in [-0.05, 0) is 97.4 Å². The van der Waals surface area contributed by atoms with Gasteiger partial charge in [0.25, 0.3) is 0 Å². The first-order valence-electron chi connectivity index (χ1n) is 15.2. The molecule has 0 saturated heterocycles. The highest BCUT2D eigenvalue weighted by Crippen LogP contribution is 2.63. The van der Waals surface area contributed by atoms with Crippen molar-refractivity contribution in [2.45, 2.75) is 37.5 Å². The van der Waals surface area contributed by atoms with Crippen molar-refractivity contribution in [1.82, 2.24) is 0 Å². The molecule has 6 aromatic carbocycles. The molecule has 6 aromatic rings. The first kappa shape index (κ1) is 22.9. The van der Waals surface area contributed by atoms with E-state index in [9.17, 15) is 0 Å². The van der Waals surface area contributed by atoms with E-state index in [-0.39, 0.29) is 23.7 Å².